The third-order valence-electron chi connectivity index (χ3n) is 3.40. The number of nitrogens with one attached hydrogen (secondary N) is 1. The number of rotatable bonds is 5. The summed E-state index contributed by atoms with van der Waals surface area (Å²) in [6, 6.07) is 11.9. The van der Waals surface area contributed by atoms with E-state index in [1.807, 2.05) is 0 Å². The molecule has 5 nitrogen and oxygen atoms in total. The van der Waals surface area contributed by atoms with E-state index in [0.717, 1.165) is 11.1 Å². The number of amides is 1. The van der Waals surface area contributed by atoms with Gasteiger partial charge in [-0.2, -0.15) is 0 Å². The lowest BCUT2D eigenvalue weighted by Crippen LogP contribution is -2.23. The summed E-state index contributed by atoms with van der Waals surface area (Å²) in [5, 5.41) is 10.4. The first kappa shape index (κ1) is 15.8. The monoisotopic (exact) mass is 328 g/mol. The highest BCUT2D eigenvalue weighted by Crippen LogP contribution is 2.06. The van der Waals surface area contributed by atoms with E-state index < -0.39 is 0 Å². The van der Waals surface area contributed by atoms with Gasteiger partial charge in [-0.3, -0.25) is 4.79 Å². The lowest BCUT2D eigenvalue weighted by Gasteiger charge is -2.03. The van der Waals surface area contributed by atoms with E-state index >= 15 is 0 Å². The van der Waals surface area contributed by atoms with Crippen LogP contribution in [0.25, 0.3) is 0 Å². The van der Waals surface area contributed by atoms with Crippen LogP contribution in [0.1, 0.15) is 21.6 Å². The van der Waals surface area contributed by atoms with Gasteiger partial charge in [-0.05, 0) is 35.4 Å². The third kappa shape index (κ3) is 4.01. The summed E-state index contributed by atoms with van der Waals surface area (Å²) in [4.78, 5) is 12.0. The van der Waals surface area contributed by atoms with E-state index in [2.05, 4.69) is 15.6 Å². The maximum Gasteiger partial charge on any atom is 0.273 e. The third-order valence-corrected chi connectivity index (χ3v) is 3.40. The summed E-state index contributed by atoms with van der Waals surface area (Å²) >= 11 is 0. The number of carbonyl (C=O) groups is 1. The summed E-state index contributed by atoms with van der Waals surface area (Å²) in [5.41, 5.74) is 1.81. The highest BCUT2D eigenvalue weighted by molar-refractivity contribution is 5.91. The Morgan fingerprint density at radius 2 is 1.54 bits per heavy atom. The van der Waals surface area contributed by atoms with Gasteiger partial charge in [0.1, 0.15) is 11.6 Å². The van der Waals surface area contributed by atoms with Crippen LogP contribution in [0.4, 0.5) is 8.78 Å². The summed E-state index contributed by atoms with van der Waals surface area (Å²) in [6.07, 6.45) is 1.52. The molecule has 0 atom stereocenters. The minimum Gasteiger partial charge on any atom is -0.347 e. The Labute approximate surface area is 136 Å². The van der Waals surface area contributed by atoms with Crippen LogP contribution in [0.15, 0.2) is 54.7 Å². The van der Waals surface area contributed by atoms with E-state index in [-0.39, 0.29) is 29.8 Å². The Morgan fingerprint density at radius 3 is 2.17 bits per heavy atom. The van der Waals surface area contributed by atoms with Crippen LogP contribution in [0, 0.1) is 11.6 Å². The predicted octanol–water partition coefficient (Wildman–Crippen LogP) is 2.53. The van der Waals surface area contributed by atoms with Crippen molar-refractivity contribution in [2.45, 2.75) is 13.1 Å². The number of halogens is 2. The highest BCUT2D eigenvalue weighted by atomic mass is 19.1. The molecule has 1 N–H and O–H groups in total. The van der Waals surface area contributed by atoms with Crippen molar-refractivity contribution in [3.63, 3.8) is 0 Å². The molecule has 0 bridgehead atoms. The van der Waals surface area contributed by atoms with E-state index in [9.17, 15) is 13.6 Å². The van der Waals surface area contributed by atoms with Crippen LogP contribution in [-0.4, -0.2) is 20.9 Å². The van der Waals surface area contributed by atoms with Crippen molar-refractivity contribution in [2.75, 3.05) is 0 Å². The van der Waals surface area contributed by atoms with Crippen LogP contribution in [0.3, 0.4) is 0 Å². The van der Waals surface area contributed by atoms with Crippen LogP contribution in [-0.2, 0) is 13.1 Å². The predicted molar refractivity (Wildman–Crippen MR) is 83.1 cm³/mol. The molecular formula is C17H14F2N4O. The van der Waals surface area contributed by atoms with Gasteiger partial charge in [-0.25, -0.2) is 13.5 Å². The van der Waals surface area contributed by atoms with Crippen molar-refractivity contribution in [1.29, 1.82) is 0 Å². The van der Waals surface area contributed by atoms with Gasteiger partial charge in [0.2, 0.25) is 0 Å². The zero-order valence-corrected chi connectivity index (χ0v) is 12.6. The largest absolute Gasteiger partial charge is 0.347 e. The lowest BCUT2D eigenvalue weighted by atomic mass is 10.2. The van der Waals surface area contributed by atoms with Gasteiger partial charge in [0.25, 0.3) is 5.91 Å². The quantitative estimate of drug-likeness (QED) is 0.783. The first-order valence-corrected chi connectivity index (χ1v) is 7.27. The number of hydrogen-bond donors (Lipinski definition) is 1. The Kier molecular flexibility index (Phi) is 4.60. The van der Waals surface area contributed by atoms with Crippen molar-refractivity contribution >= 4 is 5.91 Å². The normalized spacial score (nSPS) is 10.6. The fourth-order valence-electron chi connectivity index (χ4n) is 2.13. The van der Waals surface area contributed by atoms with Gasteiger partial charge in [0, 0.05) is 6.54 Å². The van der Waals surface area contributed by atoms with Gasteiger partial charge in [0.05, 0.1) is 12.7 Å². The molecule has 0 aliphatic rings. The van der Waals surface area contributed by atoms with E-state index in [4.69, 9.17) is 0 Å². The van der Waals surface area contributed by atoms with Crippen molar-refractivity contribution < 1.29 is 13.6 Å². The van der Waals surface area contributed by atoms with Crippen molar-refractivity contribution in [3.05, 3.63) is 83.2 Å². The minimum absolute atomic E-state index is 0.180. The van der Waals surface area contributed by atoms with Crippen LogP contribution in [0.2, 0.25) is 0 Å². The highest BCUT2D eigenvalue weighted by Gasteiger charge is 2.10. The molecule has 1 aromatic heterocycles. The molecule has 0 radical (unpaired) electrons. The van der Waals surface area contributed by atoms with Gasteiger partial charge in [-0.15, -0.1) is 5.10 Å². The van der Waals surface area contributed by atoms with Crippen LogP contribution < -0.4 is 5.32 Å². The molecule has 2 aromatic carbocycles. The van der Waals surface area contributed by atoms with Gasteiger partial charge >= 0.3 is 0 Å². The molecule has 0 aliphatic heterocycles. The molecular weight excluding hydrogens is 314 g/mol. The molecule has 24 heavy (non-hydrogen) atoms. The van der Waals surface area contributed by atoms with Crippen molar-refractivity contribution in [3.8, 4) is 0 Å². The topological polar surface area (TPSA) is 59.8 Å². The zero-order chi connectivity index (χ0) is 16.9. The maximum atomic E-state index is 12.9. The molecule has 0 unspecified atom stereocenters. The molecule has 0 saturated heterocycles. The number of hydrogen-bond acceptors (Lipinski definition) is 3. The van der Waals surface area contributed by atoms with Crippen LogP contribution in [0.5, 0.6) is 0 Å². The molecule has 3 rings (SSSR count). The number of carbonyl (C=O) groups excluding carboxylic acids is 1. The first-order chi connectivity index (χ1) is 11.6. The molecule has 0 aliphatic carbocycles. The van der Waals surface area contributed by atoms with E-state index in [0.29, 0.717) is 6.54 Å². The lowest BCUT2D eigenvalue weighted by molar-refractivity contribution is 0.0946. The summed E-state index contributed by atoms with van der Waals surface area (Å²) in [7, 11) is 0. The van der Waals surface area contributed by atoms with E-state index in [1.54, 1.807) is 24.3 Å². The molecule has 1 amide bonds. The average Bonchev–Trinajstić information content (AvgIpc) is 3.05. The average molecular weight is 328 g/mol. The zero-order valence-electron chi connectivity index (χ0n) is 12.6. The molecule has 7 heteroatoms. The fourth-order valence-corrected chi connectivity index (χ4v) is 2.13. The Morgan fingerprint density at radius 1 is 0.958 bits per heavy atom. The second-order valence-corrected chi connectivity index (χ2v) is 5.24. The maximum absolute atomic E-state index is 12.9. The minimum atomic E-state index is -0.371. The Bertz CT molecular complexity index is 829. The second-order valence-electron chi connectivity index (χ2n) is 5.24. The molecule has 122 valence electrons. The first-order valence-electron chi connectivity index (χ1n) is 7.27. The molecule has 1 heterocycles. The summed E-state index contributed by atoms with van der Waals surface area (Å²) in [6.45, 7) is 0.655. The summed E-state index contributed by atoms with van der Waals surface area (Å²) in [5.74, 6) is -1.00. The standard InChI is InChI=1S/C17H14F2N4O/c18-14-5-1-12(2-6-14)9-20-17(24)16-11-23(22-21-16)10-13-3-7-15(19)8-4-13/h1-8,11H,9-10H2,(H,20,24). The van der Waals surface area contributed by atoms with Gasteiger partial charge in [-0.1, -0.05) is 29.5 Å². The molecule has 3 aromatic rings. The van der Waals surface area contributed by atoms with Crippen molar-refractivity contribution in [2.24, 2.45) is 0 Å². The second kappa shape index (κ2) is 6.99. The van der Waals surface area contributed by atoms with E-state index in [1.165, 1.54) is 35.1 Å². The van der Waals surface area contributed by atoms with Crippen molar-refractivity contribution in [1.82, 2.24) is 20.3 Å². The SMILES string of the molecule is O=C(NCc1ccc(F)cc1)c1cn(Cc2ccc(F)cc2)nn1. The smallest absolute Gasteiger partial charge is 0.273 e. The molecule has 0 fully saturated rings. The molecule has 0 saturated carbocycles. The fraction of sp³-hybridized carbons (Fsp3) is 0.118. The summed E-state index contributed by atoms with van der Waals surface area (Å²) < 4.78 is 27.2. The van der Waals surface area contributed by atoms with Gasteiger partial charge in [0.15, 0.2) is 5.69 Å². The Hall–Kier alpha value is -3.09. The Balaban J connectivity index is 1.59. The van der Waals surface area contributed by atoms with Crippen LogP contribution >= 0.6 is 0 Å². The number of benzene rings is 2. The number of aromatic nitrogens is 3. The number of nitrogens with zero attached hydrogens (tertiary/aromatic N) is 3. The van der Waals surface area contributed by atoms with Gasteiger partial charge < -0.3 is 5.32 Å². The molecule has 0 spiro atoms.